The quantitative estimate of drug-likeness (QED) is 0.296. The summed E-state index contributed by atoms with van der Waals surface area (Å²) in [6.45, 7) is 5.08. The summed E-state index contributed by atoms with van der Waals surface area (Å²) in [5.74, 6) is 0.421. The van der Waals surface area contributed by atoms with Gasteiger partial charge in [-0.15, -0.1) is 0 Å². The van der Waals surface area contributed by atoms with E-state index < -0.39 is 0 Å². The molecule has 1 amide bonds. The van der Waals surface area contributed by atoms with Crippen LogP contribution in [-0.4, -0.2) is 43.2 Å². The molecule has 0 bridgehead atoms. The van der Waals surface area contributed by atoms with Crippen molar-refractivity contribution in [3.05, 3.63) is 82.5 Å². The van der Waals surface area contributed by atoms with E-state index in [4.69, 9.17) is 33.2 Å². The number of hydrogen-bond donors (Lipinski definition) is 0. The molecule has 0 radical (unpaired) electrons. The van der Waals surface area contributed by atoms with Gasteiger partial charge < -0.3 is 9.30 Å². The van der Waals surface area contributed by atoms with Crippen LogP contribution in [0.1, 0.15) is 24.1 Å². The highest BCUT2D eigenvalue weighted by Crippen LogP contribution is 2.37. The summed E-state index contributed by atoms with van der Waals surface area (Å²) < 4.78 is 2.04. The Kier molecular flexibility index (Phi) is 5.24. The van der Waals surface area contributed by atoms with Crippen LogP contribution in [0.4, 0.5) is 0 Å². The number of carbonyl (C=O) groups excluding carboxylic acids is 1. The monoisotopic (exact) mass is 501 g/mol. The molecule has 0 saturated carbocycles. The van der Waals surface area contributed by atoms with Gasteiger partial charge in [0.05, 0.1) is 21.3 Å². The molecule has 0 N–H and O–H groups in total. The highest BCUT2D eigenvalue weighted by Gasteiger charge is 2.30. The van der Waals surface area contributed by atoms with E-state index in [1.807, 2.05) is 65.3 Å². The minimum Gasteiger partial charge on any atom is -0.342 e. The molecule has 5 aromatic rings. The van der Waals surface area contributed by atoms with Gasteiger partial charge in [-0.1, -0.05) is 29.3 Å². The first-order chi connectivity index (χ1) is 16.9. The Hall–Kier alpha value is -3.48. The van der Waals surface area contributed by atoms with E-state index in [-0.39, 0.29) is 5.91 Å². The average Bonchev–Trinajstić information content (AvgIpc) is 3.14. The fourth-order valence-electron chi connectivity index (χ4n) is 4.72. The molecule has 1 saturated heterocycles. The predicted octanol–water partition coefficient (Wildman–Crippen LogP) is 6.17. The number of benzene rings is 1. The third-order valence-corrected chi connectivity index (χ3v) is 7.41. The van der Waals surface area contributed by atoms with Crippen molar-refractivity contribution >= 4 is 45.7 Å². The number of amides is 1. The summed E-state index contributed by atoms with van der Waals surface area (Å²) in [6.07, 6.45) is 7.57. The molecule has 1 aliphatic heterocycles. The van der Waals surface area contributed by atoms with E-state index in [1.165, 1.54) is 0 Å². The lowest BCUT2D eigenvalue weighted by Gasteiger charge is -2.38. The first-order valence-corrected chi connectivity index (χ1v) is 12.1. The molecule has 1 fully saturated rings. The van der Waals surface area contributed by atoms with E-state index >= 15 is 0 Å². The van der Waals surface area contributed by atoms with Gasteiger partial charge in [-0.25, -0.2) is 4.98 Å². The zero-order valence-electron chi connectivity index (χ0n) is 19.2. The molecule has 1 aliphatic rings. The lowest BCUT2D eigenvalue weighted by atomic mass is 9.91. The topological polar surface area (TPSA) is 63.4 Å². The summed E-state index contributed by atoms with van der Waals surface area (Å²) in [4.78, 5) is 27.5. The number of pyridine rings is 3. The fraction of sp³-hybridized carbons (Fsp3) is 0.185. The average molecular weight is 502 g/mol. The summed E-state index contributed by atoms with van der Waals surface area (Å²) in [7, 11) is 0. The molecule has 174 valence electrons. The Morgan fingerprint density at radius 3 is 2.51 bits per heavy atom. The second-order valence-electron chi connectivity index (χ2n) is 8.94. The second kappa shape index (κ2) is 8.33. The van der Waals surface area contributed by atoms with Crippen molar-refractivity contribution in [2.24, 2.45) is 0 Å². The van der Waals surface area contributed by atoms with Gasteiger partial charge >= 0.3 is 0 Å². The largest absolute Gasteiger partial charge is 0.342 e. The minimum atomic E-state index is 0.112. The number of imidazole rings is 1. The number of aromatic nitrogens is 4. The Morgan fingerprint density at radius 2 is 1.77 bits per heavy atom. The maximum Gasteiger partial charge on any atom is 0.219 e. The molecule has 6 rings (SSSR count). The molecular weight excluding hydrogens is 481 g/mol. The van der Waals surface area contributed by atoms with Gasteiger partial charge in [0, 0.05) is 78.5 Å². The van der Waals surface area contributed by atoms with Crippen LogP contribution in [-0.2, 0) is 4.79 Å². The van der Waals surface area contributed by atoms with E-state index in [1.54, 1.807) is 6.92 Å². The van der Waals surface area contributed by atoms with E-state index in [0.717, 1.165) is 63.3 Å². The molecule has 0 unspecified atom stereocenters. The molecule has 35 heavy (non-hydrogen) atoms. The number of likely N-dealkylation sites (tertiary alicyclic amines) is 1. The van der Waals surface area contributed by atoms with Crippen LogP contribution < -0.4 is 0 Å². The van der Waals surface area contributed by atoms with Crippen molar-refractivity contribution < 1.29 is 4.79 Å². The van der Waals surface area contributed by atoms with Crippen molar-refractivity contribution in [2.75, 3.05) is 13.1 Å². The summed E-state index contributed by atoms with van der Waals surface area (Å²) in [5.41, 5.74) is 7.15. The number of hydrogen-bond acceptors (Lipinski definition) is 4. The predicted molar refractivity (Wildman–Crippen MR) is 139 cm³/mol. The molecule has 5 heterocycles. The highest BCUT2D eigenvalue weighted by molar-refractivity contribution is 6.39. The molecule has 4 aromatic heterocycles. The van der Waals surface area contributed by atoms with Gasteiger partial charge in [0.25, 0.3) is 0 Å². The lowest BCUT2D eigenvalue weighted by molar-refractivity contribution is -0.133. The number of halogens is 2. The lowest BCUT2D eigenvalue weighted by Crippen LogP contribution is -2.47. The maximum atomic E-state index is 11.6. The van der Waals surface area contributed by atoms with Gasteiger partial charge in [0.2, 0.25) is 5.91 Å². The van der Waals surface area contributed by atoms with Crippen LogP contribution in [0, 0.1) is 6.92 Å². The first-order valence-electron chi connectivity index (χ1n) is 11.3. The highest BCUT2D eigenvalue weighted by atomic mass is 35.5. The van der Waals surface area contributed by atoms with E-state index in [2.05, 4.69) is 17.1 Å². The van der Waals surface area contributed by atoms with Crippen LogP contribution in [0.5, 0.6) is 0 Å². The zero-order valence-corrected chi connectivity index (χ0v) is 20.7. The van der Waals surface area contributed by atoms with E-state index in [0.29, 0.717) is 16.0 Å². The number of nitrogens with zero attached hydrogens (tertiary/aromatic N) is 5. The third-order valence-electron chi connectivity index (χ3n) is 6.78. The molecule has 6 nitrogen and oxygen atoms in total. The first kappa shape index (κ1) is 22.0. The zero-order chi connectivity index (χ0) is 24.3. The van der Waals surface area contributed by atoms with E-state index in [9.17, 15) is 4.79 Å². The normalized spacial score (nSPS) is 14.0. The Balaban J connectivity index is 1.45. The van der Waals surface area contributed by atoms with Crippen molar-refractivity contribution in [1.82, 2.24) is 24.3 Å². The number of aryl methyl sites for hydroxylation is 1. The fourth-order valence-corrected chi connectivity index (χ4v) is 5.30. The molecule has 0 spiro atoms. The van der Waals surface area contributed by atoms with Crippen molar-refractivity contribution in [2.45, 2.75) is 19.8 Å². The Labute approximate surface area is 212 Å². The number of rotatable bonds is 3. The summed E-state index contributed by atoms with van der Waals surface area (Å²) in [5, 5.41) is 2.06. The van der Waals surface area contributed by atoms with Gasteiger partial charge in [-0.2, -0.15) is 0 Å². The van der Waals surface area contributed by atoms with Gasteiger partial charge in [0.1, 0.15) is 5.65 Å². The maximum absolute atomic E-state index is 11.6. The molecule has 0 atom stereocenters. The molecule has 8 heteroatoms. The van der Waals surface area contributed by atoms with Crippen LogP contribution in [0.25, 0.3) is 38.9 Å². The van der Waals surface area contributed by atoms with Crippen molar-refractivity contribution in [3.8, 4) is 22.4 Å². The van der Waals surface area contributed by atoms with Gasteiger partial charge in [0.15, 0.2) is 0 Å². The van der Waals surface area contributed by atoms with Gasteiger partial charge in [-0.3, -0.25) is 14.8 Å². The molecule has 1 aromatic carbocycles. The van der Waals surface area contributed by atoms with Crippen molar-refractivity contribution in [3.63, 3.8) is 0 Å². The van der Waals surface area contributed by atoms with Crippen LogP contribution in [0.3, 0.4) is 0 Å². The SMILES string of the molecule is CC(=O)N1CC(c2cncc(-c3cnc4ccn5c(C)c(-c6c(Cl)cccc6Cl)nc5c4c3)c2)C1. The summed E-state index contributed by atoms with van der Waals surface area (Å²) >= 11 is 13.0. The van der Waals surface area contributed by atoms with Crippen molar-refractivity contribution in [1.29, 1.82) is 0 Å². The molecular formula is C27H21Cl2N5O. The Bertz CT molecular complexity index is 1620. The molecule has 0 aliphatic carbocycles. The smallest absolute Gasteiger partial charge is 0.219 e. The Morgan fingerprint density at radius 1 is 1.03 bits per heavy atom. The van der Waals surface area contributed by atoms with Crippen LogP contribution >= 0.6 is 23.2 Å². The van der Waals surface area contributed by atoms with Gasteiger partial charge in [-0.05, 0) is 42.8 Å². The third kappa shape index (κ3) is 3.65. The minimum absolute atomic E-state index is 0.112. The van der Waals surface area contributed by atoms with Crippen LogP contribution in [0.2, 0.25) is 10.0 Å². The standard InChI is InChI=1S/C27H21Cl2N5O/c1-15-26(25-22(28)4-3-5-23(25)29)32-27-21-9-19(12-31-24(21)6-7-34(15)27)17-8-18(11-30-10-17)20-13-33(14-20)16(2)35/h3-12,20H,13-14H2,1-2H3. The van der Waals surface area contributed by atoms with Crippen LogP contribution in [0.15, 0.2) is 61.2 Å². The number of carbonyl (C=O) groups is 1. The number of fused-ring (bicyclic) bond motifs is 3. The second-order valence-corrected chi connectivity index (χ2v) is 9.75. The summed E-state index contributed by atoms with van der Waals surface area (Å²) in [6, 6.07) is 11.7.